The molecule has 0 radical (unpaired) electrons. The van der Waals surface area contributed by atoms with E-state index in [1.54, 1.807) is 16.8 Å². The molecular formula is C26H26N2O3S. The van der Waals surface area contributed by atoms with Crippen molar-refractivity contribution < 1.29 is 13.2 Å². The molecule has 164 valence electrons. The third-order valence-corrected chi connectivity index (χ3v) is 7.38. The summed E-state index contributed by atoms with van der Waals surface area (Å²) in [6.07, 6.45) is 1.58. The monoisotopic (exact) mass is 446 g/mol. The molecule has 1 aromatic heterocycles. The van der Waals surface area contributed by atoms with Crippen molar-refractivity contribution >= 4 is 32.3 Å². The van der Waals surface area contributed by atoms with E-state index in [9.17, 15) is 13.2 Å². The van der Waals surface area contributed by atoms with Crippen molar-refractivity contribution in [3.63, 3.8) is 0 Å². The van der Waals surface area contributed by atoms with E-state index in [2.05, 4.69) is 5.32 Å². The molecule has 0 saturated carbocycles. The molecule has 0 saturated heterocycles. The minimum absolute atomic E-state index is 0.0213. The number of nitrogens with zero attached hydrogens (tertiary/aromatic N) is 1. The standard InChI is InChI=1S/C26H26N2O3S/c1-18-8-11-21(12-9-18)17-32(30,31)25-15-28(24-7-5-4-6-23(24)25)16-26(29)27-22-13-10-19(2)20(3)14-22/h4-15H,16-17H2,1-3H3,(H,27,29). The Bertz CT molecular complexity index is 1400. The van der Waals surface area contributed by atoms with Crippen molar-refractivity contribution in [1.29, 1.82) is 0 Å². The Balaban J connectivity index is 1.62. The van der Waals surface area contributed by atoms with Crippen LogP contribution in [0.15, 0.2) is 77.8 Å². The highest BCUT2D eigenvalue weighted by atomic mass is 32.2. The van der Waals surface area contributed by atoms with Gasteiger partial charge in [-0.1, -0.05) is 54.1 Å². The molecule has 0 aliphatic carbocycles. The Labute approximate surface area is 188 Å². The number of benzene rings is 3. The van der Waals surface area contributed by atoms with E-state index >= 15 is 0 Å². The van der Waals surface area contributed by atoms with Crippen molar-refractivity contribution in [2.24, 2.45) is 0 Å². The molecule has 1 N–H and O–H groups in total. The quantitative estimate of drug-likeness (QED) is 0.444. The number of rotatable bonds is 6. The smallest absolute Gasteiger partial charge is 0.244 e. The van der Waals surface area contributed by atoms with Crippen LogP contribution < -0.4 is 5.32 Å². The Morgan fingerprint density at radius 3 is 2.34 bits per heavy atom. The number of aromatic nitrogens is 1. The number of carbonyl (C=O) groups is 1. The van der Waals surface area contributed by atoms with Gasteiger partial charge in [-0.3, -0.25) is 4.79 Å². The number of anilines is 1. The van der Waals surface area contributed by atoms with Crippen molar-refractivity contribution in [3.05, 3.63) is 95.2 Å². The summed E-state index contributed by atoms with van der Waals surface area (Å²) in [5, 5.41) is 3.53. The van der Waals surface area contributed by atoms with E-state index < -0.39 is 9.84 Å². The number of nitrogens with one attached hydrogen (secondary N) is 1. The van der Waals surface area contributed by atoms with Gasteiger partial charge in [-0.15, -0.1) is 0 Å². The van der Waals surface area contributed by atoms with Crippen LogP contribution in [-0.2, 0) is 26.9 Å². The largest absolute Gasteiger partial charge is 0.337 e. The van der Waals surface area contributed by atoms with Crippen LogP contribution in [-0.4, -0.2) is 18.9 Å². The highest BCUT2D eigenvalue weighted by molar-refractivity contribution is 7.90. The van der Waals surface area contributed by atoms with Gasteiger partial charge >= 0.3 is 0 Å². The first kappa shape index (κ1) is 21.8. The Morgan fingerprint density at radius 2 is 1.62 bits per heavy atom. The van der Waals surface area contributed by atoms with Crippen molar-refractivity contribution in [3.8, 4) is 0 Å². The van der Waals surface area contributed by atoms with Crippen molar-refractivity contribution in [1.82, 2.24) is 4.57 Å². The normalized spacial score (nSPS) is 11.6. The molecule has 3 aromatic carbocycles. The van der Waals surface area contributed by atoms with Gasteiger partial charge in [0, 0.05) is 22.8 Å². The van der Waals surface area contributed by atoms with E-state index in [4.69, 9.17) is 0 Å². The maximum atomic E-state index is 13.2. The van der Waals surface area contributed by atoms with Gasteiger partial charge in [-0.05, 0) is 55.7 Å². The zero-order valence-corrected chi connectivity index (χ0v) is 19.2. The fourth-order valence-corrected chi connectivity index (χ4v) is 5.33. The maximum absolute atomic E-state index is 13.2. The summed E-state index contributed by atoms with van der Waals surface area (Å²) in [5.41, 5.74) is 5.51. The number of carbonyl (C=O) groups excluding carboxylic acids is 1. The summed E-state index contributed by atoms with van der Waals surface area (Å²) < 4.78 is 28.2. The lowest BCUT2D eigenvalue weighted by atomic mass is 10.1. The lowest BCUT2D eigenvalue weighted by Gasteiger charge is -2.09. The van der Waals surface area contributed by atoms with E-state index in [1.165, 1.54) is 0 Å². The Kier molecular flexibility index (Phi) is 5.89. The second kappa shape index (κ2) is 8.63. The first-order chi connectivity index (χ1) is 15.2. The molecule has 0 aliphatic rings. The first-order valence-electron chi connectivity index (χ1n) is 10.5. The fraction of sp³-hybridized carbons (Fsp3) is 0.192. The van der Waals surface area contributed by atoms with Crippen LogP contribution in [0.2, 0.25) is 0 Å². The van der Waals surface area contributed by atoms with Crippen molar-refractivity contribution in [2.75, 3.05) is 5.32 Å². The van der Waals surface area contributed by atoms with Gasteiger partial charge in [0.2, 0.25) is 5.91 Å². The molecule has 5 nitrogen and oxygen atoms in total. The third kappa shape index (κ3) is 4.60. The molecule has 0 bridgehead atoms. The molecule has 1 heterocycles. The molecule has 4 aromatic rings. The van der Waals surface area contributed by atoms with Crippen LogP contribution in [0.5, 0.6) is 0 Å². The molecule has 4 rings (SSSR count). The van der Waals surface area contributed by atoms with E-state index in [1.807, 2.05) is 81.4 Å². The molecule has 0 fully saturated rings. The summed E-state index contributed by atoms with van der Waals surface area (Å²) in [6, 6.07) is 20.5. The van der Waals surface area contributed by atoms with E-state index in [-0.39, 0.29) is 23.1 Å². The number of para-hydroxylation sites is 1. The molecule has 32 heavy (non-hydrogen) atoms. The number of sulfone groups is 1. The van der Waals surface area contributed by atoms with Crippen LogP contribution >= 0.6 is 0 Å². The Morgan fingerprint density at radius 1 is 0.906 bits per heavy atom. The van der Waals surface area contributed by atoms with E-state index in [0.717, 1.165) is 27.9 Å². The summed E-state index contributed by atoms with van der Waals surface area (Å²) in [4.78, 5) is 13.0. The number of fused-ring (bicyclic) bond motifs is 1. The lowest BCUT2D eigenvalue weighted by Crippen LogP contribution is -2.18. The molecule has 6 heteroatoms. The van der Waals surface area contributed by atoms with Gasteiger partial charge in [0.25, 0.3) is 0 Å². The molecule has 0 atom stereocenters. The number of hydrogen-bond acceptors (Lipinski definition) is 3. The average molecular weight is 447 g/mol. The van der Waals surface area contributed by atoms with Crippen molar-refractivity contribution in [2.45, 2.75) is 38.0 Å². The molecular weight excluding hydrogens is 420 g/mol. The maximum Gasteiger partial charge on any atom is 0.244 e. The summed E-state index contributed by atoms with van der Waals surface area (Å²) in [6.45, 7) is 6.00. The second-order valence-electron chi connectivity index (χ2n) is 8.23. The number of amides is 1. The van der Waals surface area contributed by atoms with Gasteiger partial charge in [-0.25, -0.2) is 8.42 Å². The molecule has 0 unspecified atom stereocenters. The minimum atomic E-state index is -3.59. The van der Waals surface area contributed by atoms with Crippen LogP contribution in [0.4, 0.5) is 5.69 Å². The molecule has 0 spiro atoms. The summed E-state index contributed by atoms with van der Waals surface area (Å²) in [7, 11) is -3.59. The second-order valence-corrected chi connectivity index (χ2v) is 10.2. The van der Waals surface area contributed by atoms with Crippen LogP contribution in [0.3, 0.4) is 0 Å². The zero-order chi connectivity index (χ0) is 22.9. The average Bonchev–Trinajstić information content (AvgIpc) is 3.12. The first-order valence-corrected chi connectivity index (χ1v) is 12.1. The minimum Gasteiger partial charge on any atom is -0.337 e. The summed E-state index contributed by atoms with van der Waals surface area (Å²) >= 11 is 0. The predicted molar refractivity (Wildman–Crippen MR) is 129 cm³/mol. The lowest BCUT2D eigenvalue weighted by molar-refractivity contribution is -0.116. The van der Waals surface area contributed by atoms with Crippen LogP contribution in [0.25, 0.3) is 10.9 Å². The predicted octanol–water partition coefficient (Wildman–Crippen LogP) is 5.18. The third-order valence-electron chi connectivity index (χ3n) is 5.67. The highest BCUT2D eigenvalue weighted by Gasteiger charge is 2.22. The zero-order valence-electron chi connectivity index (χ0n) is 18.4. The van der Waals surface area contributed by atoms with E-state index in [0.29, 0.717) is 10.9 Å². The SMILES string of the molecule is Cc1ccc(CS(=O)(=O)c2cn(CC(=O)Nc3ccc(C)c(C)c3)c3ccccc23)cc1. The number of aryl methyl sites for hydroxylation is 3. The van der Waals surface area contributed by atoms with Crippen LogP contribution in [0.1, 0.15) is 22.3 Å². The van der Waals surface area contributed by atoms with Gasteiger partial charge in [0.15, 0.2) is 9.84 Å². The fourth-order valence-electron chi connectivity index (χ4n) is 3.75. The van der Waals surface area contributed by atoms with Gasteiger partial charge < -0.3 is 9.88 Å². The molecule has 1 amide bonds. The molecule has 0 aliphatic heterocycles. The van der Waals surface area contributed by atoms with Crippen LogP contribution in [0, 0.1) is 20.8 Å². The number of hydrogen-bond donors (Lipinski definition) is 1. The topological polar surface area (TPSA) is 68.2 Å². The van der Waals surface area contributed by atoms with Gasteiger partial charge in [-0.2, -0.15) is 0 Å². The van der Waals surface area contributed by atoms with Gasteiger partial charge in [0.1, 0.15) is 6.54 Å². The Hall–Kier alpha value is -3.38. The van der Waals surface area contributed by atoms with Gasteiger partial charge in [0.05, 0.1) is 10.6 Å². The highest BCUT2D eigenvalue weighted by Crippen LogP contribution is 2.28. The summed E-state index contributed by atoms with van der Waals surface area (Å²) in [5.74, 6) is -0.299.